The summed E-state index contributed by atoms with van der Waals surface area (Å²) in [4.78, 5) is 40.6. The summed E-state index contributed by atoms with van der Waals surface area (Å²) in [5, 5.41) is 11.4. The standard InChI is InChI=1S/C28H19ClF3N3O7S/c1-3-41-26(37)22-23(14-4-6-15(29)7-5-14)34-25(36)21(43-27(34)33-24(22)28(30,31)32)13-17-9-11-19(42-17)18-10-8-16(35(38)39)12-20(18)40-2/h4-13,23H,3H2,1-2H3/b21-13-/t23-/m0/s1. The van der Waals surface area contributed by atoms with Crippen LogP contribution in [-0.2, 0) is 9.53 Å². The van der Waals surface area contributed by atoms with Gasteiger partial charge in [-0.1, -0.05) is 35.1 Å². The molecule has 222 valence electrons. The van der Waals surface area contributed by atoms with E-state index in [1.807, 2.05) is 0 Å². The number of hydrogen-bond donors (Lipinski definition) is 0. The quantitative estimate of drug-likeness (QED) is 0.156. The van der Waals surface area contributed by atoms with Crippen LogP contribution >= 0.6 is 22.9 Å². The van der Waals surface area contributed by atoms with Gasteiger partial charge in [0.25, 0.3) is 11.2 Å². The maximum atomic E-state index is 14.3. The number of thiazole rings is 1. The normalized spacial score (nSPS) is 15.2. The third-order valence-corrected chi connectivity index (χ3v) is 7.58. The van der Waals surface area contributed by atoms with Crippen LogP contribution in [0.1, 0.15) is 24.3 Å². The Balaban J connectivity index is 1.68. The molecule has 0 aliphatic carbocycles. The van der Waals surface area contributed by atoms with E-state index < -0.39 is 39.9 Å². The van der Waals surface area contributed by atoms with E-state index in [0.717, 1.165) is 4.57 Å². The number of fused-ring (bicyclic) bond motifs is 1. The molecule has 1 aliphatic heterocycles. The second kappa shape index (κ2) is 11.5. The van der Waals surface area contributed by atoms with Gasteiger partial charge >= 0.3 is 12.1 Å². The number of nitrogens with zero attached hydrogens (tertiary/aromatic N) is 3. The summed E-state index contributed by atoms with van der Waals surface area (Å²) in [7, 11) is 1.34. The van der Waals surface area contributed by atoms with Crippen LogP contribution in [0.4, 0.5) is 18.9 Å². The number of halogens is 4. The number of carbonyl (C=O) groups is 1. The van der Waals surface area contributed by atoms with Crippen LogP contribution in [0.25, 0.3) is 17.4 Å². The lowest BCUT2D eigenvalue weighted by molar-refractivity contribution is -0.384. The summed E-state index contributed by atoms with van der Waals surface area (Å²) < 4.78 is 59.8. The van der Waals surface area contributed by atoms with Crippen LogP contribution in [0.5, 0.6) is 5.75 Å². The molecule has 0 saturated carbocycles. The van der Waals surface area contributed by atoms with Crippen molar-refractivity contribution in [2.45, 2.75) is 19.1 Å². The molecule has 0 spiro atoms. The molecular weight excluding hydrogens is 615 g/mol. The zero-order valence-corrected chi connectivity index (χ0v) is 23.7. The van der Waals surface area contributed by atoms with Gasteiger partial charge in [0.1, 0.15) is 17.3 Å². The van der Waals surface area contributed by atoms with Crippen LogP contribution in [-0.4, -0.2) is 35.4 Å². The van der Waals surface area contributed by atoms with Crippen molar-refractivity contribution in [3.8, 4) is 17.1 Å². The predicted octanol–water partition coefficient (Wildman–Crippen LogP) is 5.17. The average Bonchev–Trinajstić information content (AvgIpc) is 3.56. The van der Waals surface area contributed by atoms with Gasteiger partial charge in [0.2, 0.25) is 0 Å². The van der Waals surface area contributed by atoms with Crippen molar-refractivity contribution in [3.05, 3.63) is 112 Å². The molecule has 0 N–H and O–H groups in total. The van der Waals surface area contributed by atoms with E-state index in [4.69, 9.17) is 25.5 Å². The van der Waals surface area contributed by atoms with E-state index >= 15 is 0 Å². The first kappa shape index (κ1) is 29.8. The minimum absolute atomic E-state index is 0.0269. The van der Waals surface area contributed by atoms with E-state index in [-0.39, 0.29) is 44.5 Å². The molecule has 3 heterocycles. The number of carbonyl (C=O) groups excluding carboxylic acids is 1. The van der Waals surface area contributed by atoms with Crippen LogP contribution in [0.15, 0.2) is 80.1 Å². The molecule has 1 aliphatic rings. The molecule has 0 fully saturated rings. The smallest absolute Gasteiger partial charge is 0.434 e. The summed E-state index contributed by atoms with van der Waals surface area (Å²) in [6.07, 6.45) is -3.72. The Bertz CT molecular complexity index is 1960. The lowest BCUT2D eigenvalue weighted by atomic mass is 9.95. The molecule has 43 heavy (non-hydrogen) atoms. The molecule has 1 atom stereocenters. The number of furan rings is 1. The SMILES string of the molecule is CCOC(=O)C1=C(C(F)(F)F)N=c2s/c(=C\c3ccc(-c4ccc([N+](=O)[O-])cc4OC)o3)c(=O)n2[C@H]1c1ccc(Cl)cc1. The van der Waals surface area contributed by atoms with Gasteiger partial charge in [-0.2, -0.15) is 13.2 Å². The Labute approximate surface area is 248 Å². The molecule has 0 bridgehead atoms. The zero-order chi connectivity index (χ0) is 31.1. The molecule has 4 aromatic rings. The van der Waals surface area contributed by atoms with Crippen LogP contribution in [0.2, 0.25) is 5.02 Å². The molecule has 10 nitrogen and oxygen atoms in total. The minimum atomic E-state index is -5.04. The lowest BCUT2D eigenvalue weighted by Gasteiger charge is -2.26. The van der Waals surface area contributed by atoms with Gasteiger partial charge in [-0.25, -0.2) is 9.79 Å². The number of non-ortho nitro benzene ring substituents is 1. The number of ether oxygens (including phenoxy) is 2. The summed E-state index contributed by atoms with van der Waals surface area (Å²) in [5.41, 5.74) is -2.64. The van der Waals surface area contributed by atoms with Gasteiger partial charge in [-0.3, -0.25) is 19.5 Å². The molecular formula is C28H19ClF3N3O7S. The van der Waals surface area contributed by atoms with Gasteiger partial charge in [0.05, 0.1) is 46.4 Å². The summed E-state index contributed by atoms with van der Waals surface area (Å²) in [6, 6.07) is 11.2. The van der Waals surface area contributed by atoms with Crippen molar-refractivity contribution in [2.24, 2.45) is 4.99 Å². The highest BCUT2D eigenvalue weighted by atomic mass is 35.5. The summed E-state index contributed by atoms with van der Waals surface area (Å²) in [5.74, 6) is -0.678. The van der Waals surface area contributed by atoms with Crippen LogP contribution < -0.4 is 19.6 Å². The molecule has 0 saturated heterocycles. The van der Waals surface area contributed by atoms with Crippen LogP contribution in [0.3, 0.4) is 0 Å². The fourth-order valence-corrected chi connectivity index (χ4v) is 5.61. The molecule has 15 heteroatoms. The van der Waals surface area contributed by atoms with E-state index in [9.17, 15) is 32.9 Å². The molecule has 2 aromatic heterocycles. The summed E-state index contributed by atoms with van der Waals surface area (Å²) >= 11 is 6.67. The maximum Gasteiger partial charge on any atom is 0.434 e. The van der Waals surface area contributed by atoms with E-state index in [0.29, 0.717) is 21.9 Å². The first-order valence-electron chi connectivity index (χ1n) is 12.4. The van der Waals surface area contributed by atoms with E-state index in [2.05, 4.69) is 4.99 Å². The molecule has 0 unspecified atom stereocenters. The second-order valence-corrected chi connectivity index (χ2v) is 10.4. The number of rotatable bonds is 7. The molecule has 0 radical (unpaired) electrons. The summed E-state index contributed by atoms with van der Waals surface area (Å²) in [6.45, 7) is 1.24. The average molecular weight is 634 g/mol. The number of allylic oxidation sites excluding steroid dienone is 1. The van der Waals surface area contributed by atoms with Crippen molar-refractivity contribution < 1.29 is 36.8 Å². The van der Waals surface area contributed by atoms with Crippen LogP contribution in [0, 0.1) is 10.1 Å². The topological polar surface area (TPSA) is 126 Å². The highest BCUT2D eigenvalue weighted by molar-refractivity contribution is 7.07. The number of methoxy groups -OCH3 is 1. The molecule has 2 aromatic carbocycles. The van der Waals surface area contributed by atoms with Crippen molar-refractivity contribution in [3.63, 3.8) is 0 Å². The number of aromatic nitrogens is 1. The third-order valence-electron chi connectivity index (χ3n) is 6.34. The molecule has 0 amide bonds. The Morgan fingerprint density at radius 1 is 1.21 bits per heavy atom. The molecule has 5 rings (SSSR count). The number of hydrogen-bond acceptors (Lipinski definition) is 9. The zero-order valence-electron chi connectivity index (χ0n) is 22.2. The van der Waals surface area contributed by atoms with Crippen molar-refractivity contribution in [1.29, 1.82) is 0 Å². The first-order valence-corrected chi connectivity index (χ1v) is 13.6. The lowest BCUT2D eigenvalue weighted by Crippen LogP contribution is -2.41. The largest absolute Gasteiger partial charge is 0.496 e. The fraction of sp³-hybridized carbons (Fsp3) is 0.179. The van der Waals surface area contributed by atoms with Gasteiger partial charge in [0, 0.05) is 17.2 Å². The first-order chi connectivity index (χ1) is 20.4. The monoisotopic (exact) mass is 633 g/mol. The third kappa shape index (κ3) is 5.70. The van der Waals surface area contributed by atoms with Crippen molar-refractivity contribution in [1.82, 2.24) is 4.57 Å². The number of esters is 1. The Kier molecular flexibility index (Phi) is 7.99. The second-order valence-electron chi connectivity index (χ2n) is 8.96. The number of nitro benzene ring substituents is 1. The number of nitro groups is 1. The fourth-order valence-electron chi connectivity index (χ4n) is 4.50. The Morgan fingerprint density at radius 3 is 2.56 bits per heavy atom. The Morgan fingerprint density at radius 2 is 1.93 bits per heavy atom. The predicted molar refractivity (Wildman–Crippen MR) is 150 cm³/mol. The number of benzene rings is 2. The maximum absolute atomic E-state index is 14.3. The highest BCUT2D eigenvalue weighted by Crippen LogP contribution is 2.39. The van der Waals surface area contributed by atoms with Gasteiger partial charge in [0.15, 0.2) is 10.5 Å². The van der Waals surface area contributed by atoms with Crippen molar-refractivity contribution in [2.75, 3.05) is 13.7 Å². The van der Waals surface area contributed by atoms with E-state index in [1.54, 1.807) is 6.07 Å². The van der Waals surface area contributed by atoms with Crippen molar-refractivity contribution >= 4 is 40.7 Å². The highest BCUT2D eigenvalue weighted by Gasteiger charge is 2.45. The van der Waals surface area contributed by atoms with Gasteiger partial charge in [-0.05, 0) is 42.8 Å². The minimum Gasteiger partial charge on any atom is -0.496 e. The van der Waals surface area contributed by atoms with E-state index in [1.165, 1.54) is 68.6 Å². The Hall–Kier alpha value is -4.69. The van der Waals surface area contributed by atoms with Gasteiger partial charge < -0.3 is 13.9 Å². The number of alkyl halides is 3. The van der Waals surface area contributed by atoms with Gasteiger partial charge in [-0.15, -0.1) is 0 Å².